The molecule has 0 amide bonds. The Morgan fingerprint density at radius 2 is 2.15 bits per heavy atom. The number of rotatable bonds is 3. The summed E-state index contributed by atoms with van der Waals surface area (Å²) in [5.41, 5.74) is 7.24. The Morgan fingerprint density at radius 3 is 2.54 bits per heavy atom. The van der Waals surface area contributed by atoms with Crippen LogP contribution in [0, 0.1) is 12.3 Å². The average molecular weight is 262 g/mol. The third kappa shape index (κ3) is 2.79. The van der Waals surface area contributed by atoms with Crippen molar-refractivity contribution >= 4 is 27.3 Å². The van der Waals surface area contributed by atoms with E-state index in [1.54, 1.807) is 0 Å². The molecule has 13 heavy (non-hydrogen) atoms. The predicted octanol–water partition coefficient (Wildman–Crippen LogP) is 3.35. The zero-order valence-electron chi connectivity index (χ0n) is 8.36. The van der Waals surface area contributed by atoms with Gasteiger partial charge in [0.2, 0.25) is 0 Å². The second-order valence-electron chi connectivity index (χ2n) is 4.20. The quantitative estimate of drug-likeness (QED) is 0.888. The van der Waals surface area contributed by atoms with Gasteiger partial charge in [0.25, 0.3) is 0 Å². The minimum atomic E-state index is 0.208. The Kier molecular flexibility index (Phi) is 3.55. The maximum atomic E-state index is 5.70. The first-order valence-electron chi connectivity index (χ1n) is 4.39. The third-order valence-corrected chi connectivity index (χ3v) is 4.63. The van der Waals surface area contributed by atoms with E-state index in [9.17, 15) is 0 Å². The van der Waals surface area contributed by atoms with Gasteiger partial charge in [0.15, 0.2) is 0 Å². The lowest BCUT2D eigenvalue weighted by Gasteiger charge is -2.21. The monoisotopic (exact) mass is 261 g/mol. The summed E-state index contributed by atoms with van der Waals surface area (Å²) in [7, 11) is 0. The molecule has 1 heterocycles. The van der Waals surface area contributed by atoms with E-state index in [1.807, 2.05) is 11.3 Å². The number of thiophene rings is 1. The Bertz CT molecular complexity index is 291. The maximum Gasteiger partial charge on any atom is 0.0343 e. The highest BCUT2D eigenvalue weighted by molar-refractivity contribution is 9.10. The van der Waals surface area contributed by atoms with Crippen molar-refractivity contribution in [2.75, 3.05) is 6.54 Å². The summed E-state index contributed by atoms with van der Waals surface area (Å²) in [6, 6.07) is 0. The molecule has 1 rings (SSSR count). The van der Waals surface area contributed by atoms with Crippen molar-refractivity contribution < 1.29 is 0 Å². The minimum Gasteiger partial charge on any atom is -0.330 e. The van der Waals surface area contributed by atoms with Crippen LogP contribution in [0.2, 0.25) is 0 Å². The van der Waals surface area contributed by atoms with Gasteiger partial charge in [0.05, 0.1) is 0 Å². The molecule has 1 aromatic rings. The van der Waals surface area contributed by atoms with Gasteiger partial charge in [-0.1, -0.05) is 13.8 Å². The van der Waals surface area contributed by atoms with Crippen molar-refractivity contribution in [1.29, 1.82) is 0 Å². The molecule has 3 heteroatoms. The van der Waals surface area contributed by atoms with E-state index in [2.05, 4.69) is 42.1 Å². The molecule has 0 radical (unpaired) electrons. The minimum absolute atomic E-state index is 0.208. The molecule has 0 atom stereocenters. The van der Waals surface area contributed by atoms with Crippen LogP contribution in [0.15, 0.2) is 9.85 Å². The molecule has 0 saturated heterocycles. The van der Waals surface area contributed by atoms with Gasteiger partial charge in [0.1, 0.15) is 0 Å². The van der Waals surface area contributed by atoms with Gasteiger partial charge in [0, 0.05) is 9.35 Å². The Labute approximate surface area is 92.5 Å². The highest BCUT2D eigenvalue weighted by Gasteiger charge is 2.19. The summed E-state index contributed by atoms with van der Waals surface area (Å²) < 4.78 is 1.26. The summed E-state index contributed by atoms with van der Waals surface area (Å²) in [6.45, 7) is 7.26. The number of aryl methyl sites for hydroxylation is 1. The van der Waals surface area contributed by atoms with Gasteiger partial charge in [-0.25, -0.2) is 0 Å². The molecule has 0 aliphatic rings. The van der Waals surface area contributed by atoms with Gasteiger partial charge in [-0.2, -0.15) is 0 Å². The highest BCUT2D eigenvalue weighted by atomic mass is 79.9. The second kappa shape index (κ2) is 4.11. The van der Waals surface area contributed by atoms with Crippen LogP contribution in [0.4, 0.5) is 0 Å². The van der Waals surface area contributed by atoms with E-state index in [-0.39, 0.29) is 5.41 Å². The molecule has 0 spiro atoms. The summed E-state index contributed by atoms with van der Waals surface area (Å²) in [4.78, 5) is 1.41. The summed E-state index contributed by atoms with van der Waals surface area (Å²) >= 11 is 5.42. The molecule has 0 aromatic carbocycles. The molecule has 0 aliphatic heterocycles. The number of nitrogens with two attached hydrogens (primary N) is 1. The standard InChI is InChI=1S/C10H16BrNS/c1-7-5-13-8(9(7)11)4-10(2,3)6-12/h5H,4,6,12H2,1-3H3. The molecule has 74 valence electrons. The molecular weight excluding hydrogens is 246 g/mol. The average Bonchev–Trinajstić information content (AvgIpc) is 2.36. The van der Waals surface area contributed by atoms with E-state index in [0.29, 0.717) is 0 Å². The molecule has 1 nitrogen and oxygen atoms in total. The molecular formula is C10H16BrNS. The van der Waals surface area contributed by atoms with Crippen LogP contribution in [0.25, 0.3) is 0 Å². The fourth-order valence-electron chi connectivity index (χ4n) is 1.11. The van der Waals surface area contributed by atoms with Crippen LogP contribution in [-0.2, 0) is 6.42 Å². The largest absolute Gasteiger partial charge is 0.330 e. The van der Waals surface area contributed by atoms with Gasteiger partial charge < -0.3 is 5.73 Å². The number of hydrogen-bond acceptors (Lipinski definition) is 2. The van der Waals surface area contributed by atoms with Gasteiger partial charge in [-0.15, -0.1) is 11.3 Å². The number of halogens is 1. The fraction of sp³-hybridized carbons (Fsp3) is 0.600. The third-order valence-electron chi connectivity index (χ3n) is 2.16. The van der Waals surface area contributed by atoms with Gasteiger partial charge in [-0.3, -0.25) is 0 Å². The van der Waals surface area contributed by atoms with Crippen LogP contribution < -0.4 is 5.73 Å². The van der Waals surface area contributed by atoms with Crippen LogP contribution >= 0.6 is 27.3 Å². The van der Waals surface area contributed by atoms with E-state index >= 15 is 0 Å². The van der Waals surface area contributed by atoms with Crippen molar-refractivity contribution in [2.45, 2.75) is 27.2 Å². The first kappa shape index (κ1) is 11.2. The lowest BCUT2D eigenvalue weighted by Crippen LogP contribution is -2.25. The molecule has 0 bridgehead atoms. The summed E-state index contributed by atoms with van der Waals surface area (Å²) in [5.74, 6) is 0. The number of hydrogen-bond donors (Lipinski definition) is 1. The van der Waals surface area contributed by atoms with Crippen molar-refractivity contribution in [3.05, 3.63) is 20.3 Å². The first-order chi connectivity index (χ1) is 5.96. The van der Waals surface area contributed by atoms with Crippen LogP contribution in [0.1, 0.15) is 24.3 Å². The van der Waals surface area contributed by atoms with Crippen molar-refractivity contribution in [3.8, 4) is 0 Å². The van der Waals surface area contributed by atoms with E-state index in [0.717, 1.165) is 13.0 Å². The molecule has 0 fully saturated rings. The smallest absolute Gasteiger partial charge is 0.0343 e. The van der Waals surface area contributed by atoms with Gasteiger partial charge >= 0.3 is 0 Å². The zero-order valence-corrected chi connectivity index (χ0v) is 10.8. The van der Waals surface area contributed by atoms with Crippen molar-refractivity contribution in [3.63, 3.8) is 0 Å². The maximum absolute atomic E-state index is 5.70. The first-order valence-corrected chi connectivity index (χ1v) is 6.06. The van der Waals surface area contributed by atoms with Crippen LogP contribution in [0.3, 0.4) is 0 Å². The SMILES string of the molecule is Cc1csc(CC(C)(C)CN)c1Br. The Balaban J connectivity index is 2.80. The van der Waals surface area contributed by atoms with E-state index < -0.39 is 0 Å². The fourth-order valence-corrected chi connectivity index (χ4v) is 2.97. The van der Waals surface area contributed by atoms with Crippen LogP contribution in [-0.4, -0.2) is 6.54 Å². The summed E-state index contributed by atoms with van der Waals surface area (Å²) in [6.07, 6.45) is 1.06. The predicted molar refractivity (Wildman–Crippen MR) is 63.3 cm³/mol. The second-order valence-corrected chi connectivity index (χ2v) is 5.96. The molecule has 1 aromatic heterocycles. The Morgan fingerprint density at radius 1 is 1.54 bits per heavy atom. The molecule has 2 N–H and O–H groups in total. The summed E-state index contributed by atoms with van der Waals surface area (Å²) in [5, 5.41) is 2.19. The highest BCUT2D eigenvalue weighted by Crippen LogP contribution is 2.32. The lowest BCUT2D eigenvalue weighted by atomic mass is 9.89. The molecule has 0 saturated carbocycles. The van der Waals surface area contributed by atoms with Crippen LogP contribution in [0.5, 0.6) is 0 Å². The molecule has 0 unspecified atom stereocenters. The molecule has 0 aliphatic carbocycles. The normalized spacial score (nSPS) is 12.1. The topological polar surface area (TPSA) is 26.0 Å². The lowest BCUT2D eigenvalue weighted by molar-refractivity contribution is 0.379. The zero-order chi connectivity index (χ0) is 10.1. The van der Waals surface area contributed by atoms with Gasteiger partial charge in [-0.05, 0) is 52.2 Å². The van der Waals surface area contributed by atoms with Crippen molar-refractivity contribution in [2.24, 2.45) is 11.1 Å². The van der Waals surface area contributed by atoms with E-state index in [4.69, 9.17) is 5.73 Å². The van der Waals surface area contributed by atoms with E-state index in [1.165, 1.54) is 14.9 Å². The Hall–Kier alpha value is 0.140. The van der Waals surface area contributed by atoms with Crippen molar-refractivity contribution in [1.82, 2.24) is 0 Å².